The van der Waals surface area contributed by atoms with Gasteiger partial charge in [-0.25, -0.2) is 0 Å². The fourth-order valence-corrected chi connectivity index (χ4v) is 1.54. The first-order valence-electron chi connectivity index (χ1n) is 3.97. The number of carbonyl (C=O) groups is 1. The average molecular weight is 192 g/mol. The third-order valence-corrected chi connectivity index (χ3v) is 2.33. The molecule has 0 aliphatic heterocycles. The van der Waals surface area contributed by atoms with E-state index in [0.29, 0.717) is 0 Å². The van der Waals surface area contributed by atoms with Crippen molar-refractivity contribution in [2.75, 3.05) is 0 Å². The number of ketones is 1. The second-order valence-corrected chi connectivity index (χ2v) is 3.92. The van der Waals surface area contributed by atoms with Crippen molar-refractivity contribution in [2.45, 2.75) is 33.3 Å². The number of carbonyl (C=O) groups excluding carboxylic acids is 1. The summed E-state index contributed by atoms with van der Waals surface area (Å²) < 4.78 is 0. The van der Waals surface area contributed by atoms with Gasteiger partial charge in [-0.1, -0.05) is 19.6 Å². The molecule has 0 amide bonds. The maximum Gasteiger partial charge on any atom is 1.00 e. The molecule has 1 N–H and O–H groups in total. The van der Waals surface area contributed by atoms with E-state index < -0.39 is 17.3 Å². The molecule has 0 spiro atoms. The van der Waals surface area contributed by atoms with Gasteiger partial charge < -0.3 is 10.2 Å². The molecule has 0 heterocycles. The molecule has 0 aromatic carbocycles. The SMILES string of the molecule is CC1=C([O-])[C@H](O)CC(C)(C)C1=O.[Na+]. The van der Waals surface area contributed by atoms with E-state index in [1.807, 2.05) is 0 Å². The van der Waals surface area contributed by atoms with Crippen molar-refractivity contribution in [1.82, 2.24) is 0 Å². The Bertz CT molecular complexity index is 256. The van der Waals surface area contributed by atoms with Crippen LogP contribution in [-0.4, -0.2) is 17.0 Å². The van der Waals surface area contributed by atoms with Gasteiger partial charge in [-0.15, -0.1) is 0 Å². The minimum Gasteiger partial charge on any atom is -0.873 e. The summed E-state index contributed by atoms with van der Waals surface area (Å²) in [5.41, 5.74) is -0.407. The van der Waals surface area contributed by atoms with Crippen molar-refractivity contribution in [2.24, 2.45) is 5.41 Å². The molecule has 0 saturated carbocycles. The summed E-state index contributed by atoms with van der Waals surface area (Å²) >= 11 is 0. The third kappa shape index (κ3) is 2.34. The van der Waals surface area contributed by atoms with Crippen molar-refractivity contribution >= 4 is 5.78 Å². The van der Waals surface area contributed by atoms with E-state index in [1.54, 1.807) is 13.8 Å². The molecule has 0 unspecified atom stereocenters. The predicted molar refractivity (Wildman–Crippen MR) is 42.1 cm³/mol. The standard InChI is InChI=1S/C9H14O3.Na/c1-5-7(11)6(10)4-9(2,3)8(5)12;/h6,10-11H,4H2,1-3H3;/q;+1/p-1/t6-;/m1./s1. The fourth-order valence-electron chi connectivity index (χ4n) is 1.54. The number of hydrogen-bond donors (Lipinski definition) is 1. The number of hydrogen-bond acceptors (Lipinski definition) is 3. The Morgan fingerprint density at radius 2 is 2.00 bits per heavy atom. The molecular formula is C9H13NaO3. The maximum atomic E-state index is 11.4. The molecule has 4 heteroatoms. The van der Waals surface area contributed by atoms with Crippen LogP contribution in [0.5, 0.6) is 0 Å². The van der Waals surface area contributed by atoms with Crippen LogP contribution in [0.15, 0.2) is 11.3 Å². The second-order valence-electron chi connectivity index (χ2n) is 3.92. The van der Waals surface area contributed by atoms with E-state index in [1.165, 1.54) is 6.92 Å². The number of allylic oxidation sites excluding steroid dienone is 1. The van der Waals surface area contributed by atoms with E-state index in [9.17, 15) is 15.0 Å². The molecular weight excluding hydrogens is 179 g/mol. The summed E-state index contributed by atoms with van der Waals surface area (Å²) in [6.07, 6.45) is -0.750. The molecule has 0 saturated heterocycles. The minimum absolute atomic E-state index is 0. The molecule has 0 bridgehead atoms. The molecule has 1 aliphatic carbocycles. The summed E-state index contributed by atoms with van der Waals surface area (Å²) in [5, 5.41) is 20.4. The molecule has 0 aromatic heterocycles. The van der Waals surface area contributed by atoms with E-state index in [-0.39, 0.29) is 47.3 Å². The van der Waals surface area contributed by atoms with Crippen molar-refractivity contribution in [3.8, 4) is 0 Å². The van der Waals surface area contributed by atoms with Crippen molar-refractivity contribution in [1.29, 1.82) is 0 Å². The van der Waals surface area contributed by atoms with Gasteiger partial charge in [0.05, 0.1) is 6.10 Å². The number of aliphatic hydroxyl groups is 1. The molecule has 68 valence electrons. The monoisotopic (exact) mass is 192 g/mol. The summed E-state index contributed by atoms with van der Waals surface area (Å²) in [6.45, 7) is 4.97. The zero-order valence-corrected chi connectivity index (χ0v) is 10.5. The first-order valence-corrected chi connectivity index (χ1v) is 3.97. The van der Waals surface area contributed by atoms with Gasteiger partial charge >= 0.3 is 29.6 Å². The first kappa shape index (κ1) is 13.2. The van der Waals surface area contributed by atoms with Crippen LogP contribution in [0.4, 0.5) is 0 Å². The van der Waals surface area contributed by atoms with Gasteiger partial charge in [0.15, 0.2) is 5.78 Å². The van der Waals surface area contributed by atoms with Gasteiger partial charge in [-0.05, 0) is 18.9 Å². The molecule has 1 atom stereocenters. The molecule has 13 heavy (non-hydrogen) atoms. The fraction of sp³-hybridized carbons (Fsp3) is 0.667. The van der Waals surface area contributed by atoms with E-state index in [4.69, 9.17) is 0 Å². The number of Topliss-reactive ketones (excluding diaryl/α,β-unsaturated/α-hetero) is 1. The van der Waals surface area contributed by atoms with Gasteiger partial charge in [-0.2, -0.15) is 0 Å². The summed E-state index contributed by atoms with van der Waals surface area (Å²) in [7, 11) is 0. The number of aliphatic hydroxyl groups excluding tert-OH is 1. The van der Waals surface area contributed by atoms with Crippen molar-refractivity contribution in [3.05, 3.63) is 11.3 Å². The van der Waals surface area contributed by atoms with Crippen molar-refractivity contribution in [3.63, 3.8) is 0 Å². The van der Waals surface area contributed by atoms with Gasteiger partial charge in [0.1, 0.15) is 0 Å². The topological polar surface area (TPSA) is 60.4 Å². The Labute approximate surface area is 100 Å². The Kier molecular flexibility index (Phi) is 4.19. The van der Waals surface area contributed by atoms with Gasteiger partial charge in [0.2, 0.25) is 0 Å². The maximum absolute atomic E-state index is 11.4. The molecule has 0 fully saturated rings. The van der Waals surface area contributed by atoms with E-state index in [0.717, 1.165) is 0 Å². The minimum atomic E-state index is -0.988. The van der Waals surface area contributed by atoms with Gasteiger partial charge in [0.25, 0.3) is 0 Å². The molecule has 3 nitrogen and oxygen atoms in total. The Hall–Kier alpha value is 0.170. The zero-order valence-electron chi connectivity index (χ0n) is 8.55. The van der Waals surface area contributed by atoms with E-state index >= 15 is 0 Å². The van der Waals surface area contributed by atoms with Crippen LogP contribution in [0.1, 0.15) is 27.2 Å². The molecule has 1 aliphatic rings. The van der Waals surface area contributed by atoms with Crippen LogP contribution >= 0.6 is 0 Å². The average Bonchev–Trinajstić information content (AvgIpc) is 1.97. The number of rotatable bonds is 0. The molecule has 1 rings (SSSR count). The zero-order chi connectivity index (χ0) is 9.52. The summed E-state index contributed by atoms with van der Waals surface area (Å²) in [5.74, 6) is -0.558. The van der Waals surface area contributed by atoms with Crippen LogP contribution < -0.4 is 34.7 Å². The molecule has 0 radical (unpaired) electrons. The largest absolute Gasteiger partial charge is 1.00 e. The first-order chi connectivity index (χ1) is 5.36. The van der Waals surface area contributed by atoms with E-state index in [2.05, 4.69) is 0 Å². The van der Waals surface area contributed by atoms with Crippen molar-refractivity contribution < 1.29 is 44.6 Å². The normalized spacial score (nSPS) is 27.1. The summed E-state index contributed by atoms with van der Waals surface area (Å²) in [4.78, 5) is 11.4. The second kappa shape index (κ2) is 4.13. The van der Waals surface area contributed by atoms with Gasteiger partial charge in [-0.3, -0.25) is 4.79 Å². The van der Waals surface area contributed by atoms with Crippen LogP contribution in [0.25, 0.3) is 0 Å². The van der Waals surface area contributed by atoms with Crippen LogP contribution in [0.2, 0.25) is 0 Å². The predicted octanol–water partition coefficient (Wildman–Crippen LogP) is -3.02. The Balaban J connectivity index is 0.00000144. The third-order valence-electron chi connectivity index (χ3n) is 2.33. The quantitative estimate of drug-likeness (QED) is 0.416. The summed E-state index contributed by atoms with van der Waals surface area (Å²) in [6, 6.07) is 0. The smallest absolute Gasteiger partial charge is 0.873 e. The Morgan fingerprint density at radius 3 is 2.46 bits per heavy atom. The van der Waals surface area contributed by atoms with Crippen LogP contribution in [0.3, 0.4) is 0 Å². The van der Waals surface area contributed by atoms with Crippen LogP contribution in [0, 0.1) is 5.41 Å². The van der Waals surface area contributed by atoms with Gasteiger partial charge in [0, 0.05) is 5.41 Å². The van der Waals surface area contributed by atoms with Crippen LogP contribution in [-0.2, 0) is 4.79 Å². The molecule has 0 aromatic rings. The Morgan fingerprint density at radius 1 is 1.54 bits per heavy atom.